The van der Waals surface area contributed by atoms with Crippen LogP contribution in [-0.2, 0) is 9.47 Å². The predicted octanol–water partition coefficient (Wildman–Crippen LogP) is 3.63. The molecule has 0 bridgehead atoms. The standard InChI is InChI=1S/C16H14O4.C14H10N2O2.H4N2/c1-19-15(17)13-10-6-9-12(14(13)16(18)20-2)11-7-4-3-5-8-11;17-13-11-8-4-7-10(9-5-2-1-3-6-9)12(11)14(18)16-15-13;1-2/h3-10H,1-2H3;1-8H,(H,15,17)(H,16,18);1-2H2. The number of methoxy groups -OCH3 is 2. The van der Waals surface area contributed by atoms with E-state index in [1.807, 2.05) is 66.7 Å². The van der Waals surface area contributed by atoms with Crippen molar-refractivity contribution in [1.82, 2.24) is 10.2 Å². The summed E-state index contributed by atoms with van der Waals surface area (Å²) in [6, 6.07) is 29.2. The van der Waals surface area contributed by atoms with Gasteiger partial charge >= 0.3 is 11.9 Å². The number of benzene rings is 4. The average Bonchev–Trinajstić information content (AvgIpc) is 3.03. The van der Waals surface area contributed by atoms with Gasteiger partial charge in [-0.1, -0.05) is 84.9 Å². The van der Waals surface area contributed by atoms with Gasteiger partial charge in [-0.05, 0) is 34.4 Å². The summed E-state index contributed by atoms with van der Waals surface area (Å²) in [5.74, 6) is 6.87. The number of rotatable bonds is 4. The van der Waals surface area contributed by atoms with Crippen LogP contribution >= 0.6 is 0 Å². The summed E-state index contributed by atoms with van der Waals surface area (Å²) in [6.45, 7) is 0. The summed E-state index contributed by atoms with van der Waals surface area (Å²) in [6.07, 6.45) is 0. The van der Waals surface area contributed by atoms with Crippen LogP contribution in [0.5, 0.6) is 0 Å². The highest BCUT2D eigenvalue weighted by atomic mass is 16.5. The van der Waals surface area contributed by atoms with Crippen molar-refractivity contribution in [2.75, 3.05) is 14.2 Å². The second-order valence-corrected chi connectivity index (χ2v) is 8.08. The van der Waals surface area contributed by atoms with Gasteiger partial charge in [-0.25, -0.2) is 9.59 Å². The maximum atomic E-state index is 12.0. The van der Waals surface area contributed by atoms with Gasteiger partial charge in [0.2, 0.25) is 0 Å². The largest absolute Gasteiger partial charge is 0.465 e. The Labute approximate surface area is 229 Å². The molecule has 1 aromatic heterocycles. The Hall–Kier alpha value is -5.32. The quantitative estimate of drug-likeness (QED) is 0.152. The number of H-pyrrole nitrogens is 2. The summed E-state index contributed by atoms with van der Waals surface area (Å²) in [5.41, 5.74) is 2.99. The molecule has 0 saturated heterocycles. The van der Waals surface area contributed by atoms with Crippen molar-refractivity contribution in [3.8, 4) is 22.3 Å². The van der Waals surface area contributed by atoms with E-state index in [0.29, 0.717) is 16.3 Å². The summed E-state index contributed by atoms with van der Waals surface area (Å²) in [5, 5.41) is 5.51. The number of hydrazine groups is 1. The SMILES string of the molecule is COC(=O)c1cccc(-c2ccccc2)c1C(=O)OC.NN.O=c1[nH][nH]c(=O)c2c(-c3ccccc3)cccc12. The Bertz CT molecular complexity index is 1710. The topological polar surface area (TPSA) is 170 Å². The lowest BCUT2D eigenvalue weighted by Gasteiger charge is -2.12. The van der Waals surface area contributed by atoms with Crippen molar-refractivity contribution in [3.05, 3.63) is 129 Å². The average molecular weight is 541 g/mol. The van der Waals surface area contributed by atoms with Crippen LogP contribution in [0.2, 0.25) is 0 Å². The fraction of sp³-hybridized carbons (Fsp3) is 0.0667. The minimum atomic E-state index is -0.566. The van der Waals surface area contributed by atoms with E-state index in [4.69, 9.17) is 9.47 Å². The zero-order valence-electron chi connectivity index (χ0n) is 21.8. The molecule has 10 nitrogen and oxygen atoms in total. The van der Waals surface area contributed by atoms with Crippen LogP contribution in [0, 0.1) is 0 Å². The molecule has 204 valence electrons. The number of carbonyl (C=O) groups excluding carboxylic acids is 2. The lowest BCUT2D eigenvalue weighted by atomic mass is 9.95. The lowest BCUT2D eigenvalue weighted by molar-refractivity contribution is 0.0556. The Balaban J connectivity index is 0.000000208. The van der Waals surface area contributed by atoms with Crippen molar-refractivity contribution in [2.24, 2.45) is 11.7 Å². The second-order valence-electron chi connectivity index (χ2n) is 8.08. The molecule has 0 aliphatic heterocycles. The number of esters is 2. The molecule has 0 unspecified atom stereocenters. The number of hydrogen-bond donors (Lipinski definition) is 4. The van der Waals surface area contributed by atoms with Crippen LogP contribution in [0.25, 0.3) is 33.0 Å². The maximum Gasteiger partial charge on any atom is 0.339 e. The van der Waals surface area contributed by atoms with Crippen molar-refractivity contribution in [1.29, 1.82) is 0 Å². The number of hydrogen-bond acceptors (Lipinski definition) is 8. The van der Waals surface area contributed by atoms with Gasteiger partial charge in [-0.15, -0.1) is 0 Å². The van der Waals surface area contributed by atoms with E-state index in [-0.39, 0.29) is 22.2 Å². The third-order valence-corrected chi connectivity index (χ3v) is 5.85. The molecule has 0 saturated carbocycles. The van der Waals surface area contributed by atoms with Crippen molar-refractivity contribution in [2.45, 2.75) is 0 Å². The molecule has 4 aromatic carbocycles. The van der Waals surface area contributed by atoms with Crippen LogP contribution in [0.15, 0.2) is 107 Å². The molecule has 10 heteroatoms. The van der Waals surface area contributed by atoms with Crippen LogP contribution in [0.3, 0.4) is 0 Å². The molecule has 0 amide bonds. The number of aromatic amines is 2. The molecular formula is C30H28N4O6. The third-order valence-electron chi connectivity index (χ3n) is 5.85. The Morgan fingerprint density at radius 1 is 0.600 bits per heavy atom. The van der Waals surface area contributed by atoms with E-state index in [2.05, 4.69) is 21.9 Å². The Kier molecular flexibility index (Phi) is 10.2. The van der Waals surface area contributed by atoms with Crippen molar-refractivity contribution in [3.63, 3.8) is 0 Å². The molecule has 0 spiro atoms. The summed E-state index contributed by atoms with van der Waals surface area (Å²) < 4.78 is 9.50. The monoisotopic (exact) mass is 540 g/mol. The highest BCUT2D eigenvalue weighted by Crippen LogP contribution is 2.27. The van der Waals surface area contributed by atoms with Crippen molar-refractivity contribution >= 4 is 22.7 Å². The van der Waals surface area contributed by atoms with Gasteiger partial charge in [0.05, 0.1) is 36.1 Å². The molecule has 0 radical (unpaired) electrons. The van der Waals surface area contributed by atoms with Crippen molar-refractivity contribution < 1.29 is 19.1 Å². The van der Waals surface area contributed by atoms with Crippen LogP contribution in [-0.4, -0.2) is 36.4 Å². The van der Waals surface area contributed by atoms with E-state index in [9.17, 15) is 19.2 Å². The fourth-order valence-corrected chi connectivity index (χ4v) is 4.10. The second kappa shape index (κ2) is 14.0. The zero-order valence-corrected chi connectivity index (χ0v) is 21.8. The zero-order chi connectivity index (χ0) is 29.1. The molecule has 0 atom stereocenters. The van der Waals surface area contributed by atoms with E-state index in [0.717, 1.165) is 16.7 Å². The van der Waals surface area contributed by atoms with Gasteiger partial charge in [0, 0.05) is 0 Å². The smallest absolute Gasteiger partial charge is 0.339 e. The van der Waals surface area contributed by atoms with Gasteiger partial charge in [0.25, 0.3) is 11.1 Å². The predicted molar refractivity (Wildman–Crippen MR) is 154 cm³/mol. The van der Waals surface area contributed by atoms with E-state index in [1.54, 1.807) is 30.3 Å². The first-order valence-electron chi connectivity index (χ1n) is 11.9. The van der Waals surface area contributed by atoms with Crippen LogP contribution in [0.1, 0.15) is 20.7 Å². The highest BCUT2D eigenvalue weighted by Gasteiger charge is 2.22. The molecule has 0 aliphatic carbocycles. The lowest BCUT2D eigenvalue weighted by Crippen LogP contribution is -2.19. The number of carbonyl (C=O) groups is 2. The fourth-order valence-electron chi connectivity index (χ4n) is 4.10. The van der Waals surface area contributed by atoms with E-state index in [1.165, 1.54) is 14.2 Å². The highest BCUT2D eigenvalue weighted by molar-refractivity contribution is 6.07. The first kappa shape index (κ1) is 29.2. The molecule has 40 heavy (non-hydrogen) atoms. The Morgan fingerprint density at radius 3 is 1.68 bits per heavy atom. The maximum absolute atomic E-state index is 12.0. The number of nitrogens with one attached hydrogen (secondary N) is 2. The molecule has 6 N–H and O–H groups in total. The molecule has 0 aliphatic rings. The molecular weight excluding hydrogens is 512 g/mol. The normalized spacial score (nSPS) is 9.90. The minimum absolute atomic E-state index is 0.195. The number of aromatic nitrogens is 2. The number of fused-ring (bicyclic) bond motifs is 1. The first-order valence-corrected chi connectivity index (χ1v) is 11.9. The number of ether oxygens (including phenoxy) is 2. The first-order chi connectivity index (χ1) is 19.5. The summed E-state index contributed by atoms with van der Waals surface area (Å²) in [7, 11) is 2.56. The molecule has 5 rings (SSSR count). The van der Waals surface area contributed by atoms with Crippen LogP contribution in [0.4, 0.5) is 0 Å². The van der Waals surface area contributed by atoms with Gasteiger partial charge in [-0.3, -0.25) is 31.5 Å². The summed E-state index contributed by atoms with van der Waals surface area (Å²) >= 11 is 0. The summed E-state index contributed by atoms with van der Waals surface area (Å²) in [4.78, 5) is 47.4. The van der Waals surface area contributed by atoms with Gasteiger partial charge in [-0.2, -0.15) is 0 Å². The van der Waals surface area contributed by atoms with Gasteiger partial charge in [0.1, 0.15) is 0 Å². The third kappa shape index (κ3) is 6.38. The van der Waals surface area contributed by atoms with Gasteiger partial charge in [0.15, 0.2) is 0 Å². The minimum Gasteiger partial charge on any atom is -0.465 e. The molecule has 0 fully saturated rings. The van der Waals surface area contributed by atoms with E-state index < -0.39 is 11.9 Å². The molecule has 5 aromatic rings. The van der Waals surface area contributed by atoms with Gasteiger partial charge < -0.3 is 9.47 Å². The Morgan fingerprint density at radius 2 is 1.10 bits per heavy atom. The van der Waals surface area contributed by atoms with E-state index >= 15 is 0 Å². The number of nitrogens with two attached hydrogens (primary N) is 2. The van der Waals surface area contributed by atoms with Crippen LogP contribution < -0.4 is 22.8 Å². The molecule has 1 heterocycles.